The normalized spacial score (nSPS) is 31.0. The van der Waals surface area contributed by atoms with Gasteiger partial charge in [0.2, 0.25) is 11.8 Å². The van der Waals surface area contributed by atoms with Crippen LogP contribution < -0.4 is 0 Å². The quantitative estimate of drug-likeness (QED) is 0.293. The fraction of sp³-hybridized carbons (Fsp3) is 0.909. The monoisotopic (exact) mass is 444 g/mol. The molecule has 0 bridgehead atoms. The van der Waals surface area contributed by atoms with Gasteiger partial charge in [-0.2, -0.15) is 0 Å². The van der Waals surface area contributed by atoms with E-state index in [9.17, 15) is 35.1 Å². The van der Waals surface area contributed by atoms with Crippen LogP contribution >= 0.6 is 0 Å². The van der Waals surface area contributed by atoms with Gasteiger partial charge < -0.3 is 35.3 Å². The Kier molecular flexibility index (Phi) is 10.2. The summed E-state index contributed by atoms with van der Waals surface area (Å²) in [5.41, 5.74) is 0. The lowest BCUT2D eigenvalue weighted by Gasteiger charge is -2.39. The fourth-order valence-electron chi connectivity index (χ4n) is 5.19. The number of piperidine rings is 1. The van der Waals surface area contributed by atoms with Gasteiger partial charge in [-0.05, 0) is 32.1 Å². The molecule has 2 amide bonds. The summed E-state index contributed by atoms with van der Waals surface area (Å²) in [4.78, 5) is 26.7. The first-order valence-corrected chi connectivity index (χ1v) is 11.6. The van der Waals surface area contributed by atoms with Crippen molar-refractivity contribution in [2.24, 2.45) is 0 Å². The van der Waals surface area contributed by atoms with E-state index >= 15 is 0 Å². The maximum Gasteiger partial charge on any atom is 0.220 e. The first kappa shape index (κ1) is 26.0. The van der Waals surface area contributed by atoms with Crippen LogP contribution in [0.2, 0.25) is 0 Å². The van der Waals surface area contributed by atoms with Crippen LogP contribution in [0.5, 0.6) is 0 Å². The number of carbonyl (C=O) groups excluding carboxylic acids is 2. The van der Waals surface area contributed by atoms with Gasteiger partial charge in [0.15, 0.2) is 0 Å². The average Bonchev–Trinajstić information content (AvgIpc) is 2.99. The molecular weight excluding hydrogens is 404 g/mol. The van der Waals surface area contributed by atoms with Crippen LogP contribution in [0.3, 0.4) is 0 Å². The molecule has 2 fully saturated rings. The maximum absolute atomic E-state index is 11.9. The zero-order chi connectivity index (χ0) is 23.1. The predicted molar refractivity (Wildman–Crippen MR) is 114 cm³/mol. The number of likely N-dealkylation sites (tertiary alicyclic amines) is 2. The summed E-state index contributed by atoms with van der Waals surface area (Å²) < 4.78 is 0. The number of rotatable bonds is 10. The Balaban J connectivity index is 1.71. The van der Waals surface area contributed by atoms with Gasteiger partial charge >= 0.3 is 0 Å². The molecule has 7 unspecified atom stereocenters. The van der Waals surface area contributed by atoms with Crippen LogP contribution in [0.1, 0.15) is 71.6 Å². The Morgan fingerprint density at radius 3 is 2.19 bits per heavy atom. The van der Waals surface area contributed by atoms with Gasteiger partial charge in [-0.15, -0.1) is 0 Å². The van der Waals surface area contributed by atoms with Crippen molar-refractivity contribution in [3.8, 4) is 0 Å². The van der Waals surface area contributed by atoms with E-state index < -0.39 is 43.1 Å². The van der Waals surface area contributed by atoms with Crippen LogP contribution in [0.15, 0.2) is 0 Å². The smallest absolute Gasteiger partial charge is 0.220 e. The van der Waals surface area contributed by atoms with E-state index in [4.69, 9.17) is 0 Å². The molecule has 0 aromatic carbocycles. The van der Waals surface area contributed by atoms with E-state index in [1.54, 1.807) is 4.90 Å². The second-order valence-corrected chi connectivity index (χ2v) is 9.05. The van der Waals surface area contributed by atoms with Crippen molar-refractivity contribution in [1.82, 2.24) is 9.80 Å². The number of hydrogen-bond acceptors (Lipinski definition) is 7. The highest BCUT2D eigenvalue weighted by molar-refractivity contribution is 5.75. The molecule has 2 heterocycles. The van der Waals surface area contributed by atoms with Gasteiger partial charge in [0.1, 0.15) is 18.3 Å². The zero-order valence-corrected chi connectivity index (χ0v) is 18.8. The molecule has 5 N–H and O–H groups in total. The largest absolute Gasteiger partial charge is 0.394 e. The van der Waals surface area contributed by atoms with E-state index in [2.05, 4.69) is 0 Å². The summed E-state index contributed by atoms with van der Waals surface area (Å²) in [5, 5.41) is 50.7. The van der Waals surface area contributed by atoms with Gasteiger partial charge in [-0.25, -0.2) is 0 Å². The van der Waals surface area contributed by atoms with Crippen molar-refractivity contribution in [3.05, 3.63) is 0 Å². The fourth-order valence-corrected chi connectivity index (χ4v) is 5.19. The number of amides is 2. The Labute approximate surface area is 184 Å². The SMILES string of the molecule is CC(=O)N1CCCCC1C(O)C(O)CCCCCCC1C(O)C(O)C(CO)N1C(C)=O. The lowest BCUT2D eigenvalue weighted by atomic mass is 9.92. The molecule has 2 rings (SSSR count). The molecule has 0 spiro atoms. The first-order valence-electron chi connectivity index (χ1n) is 11.6. The van der Waals surface area contributed by atoms with Crippen LogP contribution in [0.4, 0.5) is 0 Å². The standard InChI is InChI=1S/C22H40N2O7/c1-14(26)23-12-8-7-9-16(23)20(29)19(28)11-6-4-3-5-10-17-21(30)22(31)18(13-25)24(17)15(2)27/h16-22,25,28-31H,3-13H2,1-2H3. The molecule has 180 valence electrons. The Hall–Kier alpha value is -1.26. The van der Waals surface area contributed by atoms with E-state index in [0.717, 1.165) is 38.5 Å². The molecule has 2 aliphatic rings. The van der Waals surface area contributed by atoms with E-state index in [1.165, 1.54) is 18.7 Å². The van der Waals surface area contributed by atoms with Crippen LogP contribution in [0.25, 0.3) is 0 Å². The molecule has 31 heavy (non-hydrogen) atoms. The number of hydrogen-bond donors (Lipinski definition) is 5. The number of aliphatic hydroxyl groups excluding tert-OH is 5. The second kappa shape index (κ2) is 12.1. The number of aliphatic hydroxyl groups is 5. The average molecular weight is 445 g/mol. The molecule has 0 aromatic heterocycles. The molecule has 9 nitrogen and oxygen atoms in total. The number of unbranched alkanes of at least 4 members (excludes halogenated alkanes) is 3. The third-order valence-electron chi connectivity index (χ3n) is 6.90. The highest BCUT2D eigenvalue weighted by Crippen LogP contribution is 2.29. The van der Waals surface area contributed by atoms with Gasteiger partial charge in [-0.1, -0.05) is 25.7 Å². The van der Waals surface area contributed by atoms with Crippen molar-refractivity contribution < 1.29 is 35.1 Å². The third-order valence-corrected chi connectivity index (χ3v) is 6.90. The second-order valence-electron chi connectivity index (χ2n) is 9.05. The summed E-state index contributed by atoms with van der Waals surface area (Å²) in [6, 6.07) is -1.61. The van der Waals surface area contributed by atoms with Gasteiger partial charge in [0, 0.05) is 20.4 Å². The summed E-state index contributed by atoms with van der Waals surface area (Å²) in [5.74, 6) is -0.350. The molecule has 0 aliphatic carbocycles. The van der Waals surface area contributed by atoms with Crippen molar-refractivity contribution in [3.63, 3.8) is 0 Å². The molecule has 9 heteroatoms. The van der Waals surface area contributed by atoms with E-state index in [0.29, 0.717) is 25.8 Å². The molecular formula is C22H40N2O7. The topological polar surface area (TPSA) is 142 Å². The molecule has 0 saturated carbocycles. The lowest BCUT2D eigenvalue weighted by Crippen LogP contribution is -2.52. The van der Waals surface area contributed by atoms with Crippen molar-refractivity contribution in [1.29, 1.82) is 0 Å². The summed E-state index contributed by atoms with van der Waals surface area (Å²) in [6.45, 7) is 3.09. The summed E-state index contributed by atoms with van der Waals surface area (Å²) >= 11 is 0. The number of carbonyl (C=O) groups is 2. The molecule has 0 radical (unpaired) electrons. The van der Waals surface area contributed by atoms with E-state index in [-0.39, 0.29) is 17.9 Å². The first-order chi connectivity index (χ1) is 14.7. The summed E-state index contributed by atoms with van der Waals surface area (Å²) in [7, 11) is 0. The maximum atomic E-state index is 11.9. The predicted octanol–water partition coefficient (Wildman–Crippen LogP) is -0.237. The van der Waals surface area contributed by atoms with Crippen LogP contribution in [0, 0.1) is 0 Å². The van der Waals surface area contributed by atoms with Crippen molar-refractivity contribution in [2.75, 3.05) is 13.2 Å². The molecule has 2 aliphatic heterocycles. The Morgan fingerprint density at radius 1 is 0.935 bits per heavy atom. The van der Waals surface area contributed by atoms with Crippen molar-refractivity contribution >= 4 is 11.8 Å². The Bertz CT molecular complexity index is 590. The highest BCUT2D eigenvalue weighted by atomic mass is 16.3. The minimum absolute atomic E-state index is 0.0711. The minimum atomic E-state index is -1.15. The highest BCUT2D eigenvalue weighted by Gasteiger charge is 2.48. The van der Waals surface area contributed by atoms with Gasteiger partial charge in [0.25, 0.3) is 0 Å². The lowest BCUT2D eigenvalue weighted by molar-refractivity contribution is -0.138. The Morgan fingerprint density at radius 2 is 1.58 bits per heavy atom. The van der Waals surface area contributed by atoms with E-state index in [1.807, 2.05) is 0 Å². The van der Waals surface area contributed by atoms with Gasteiger partial charge in [0.05, 0.1) is 30.8 Å². The van der Waals surface area contributed by atoms with Crippen LogP contribution in [-0.2, 0) is 9.59 Å². The minimum Gasteiger partial charge on any atom is -0.394 e. The summed E-state index contributed by atoms with van der Waals surface area (Å²) in [6.07, 6.45) is 2.58. The van der Waals surface area contributed by atoms with Gasteiger partial charge in [-0.3, -0.25) is 9.59 Å². The zero-order valence-electron chi connectivity index (χ0n) is 18.8. The number of nitrogens with zero attached hydrogens (tertiary/aromatic N) is 2. The molecule has 0 aromatic rings. The van der Waals surface area contributed by atoms with Crippen molar-refractivity contribution in [2.45, 2.75) is 114 Å². The molecule has 2 saturated heterocycles. The van der Waals surface area contributed by atoms with Crippen LogP contribution in [-0.4, -0.2) is 103 Å². The molecule has 7 atom stereocenters. The third kappa shape index (κ3) is 6.38.